The van der Waals surface area contributed by atoms with Gasteiger partial charge in [0.05, 0.1) is 33.5 Å². The molecule has 1 N–H and O–H groups in total. The summed E-state index contributed by atoms with van der Waals surface area (Å²) in [5, 5.41) is 10.9. The van der Waals surface area contributed by atoms with Crippen molar-refractivity contribution in [2.24, 2.45) is 10.3 Å². The van der Waals surface area contributed by atoms with Gasteiger partial charge in [-0.15, -0.1) is 0 Å². The van der Waals surface area contributed by atoms with Crippen LogP contribution in [0.5, 0.6) is 0 Å². The first kappa shape index (κ1) is 27.0. The molecule has 194 valence electrons. The lowest BCUT2D eigenvalue weighted by Gasteiger charge is -2.30. The normalized spacial score (nSPS) is 17.6. The van der Waals surface area contributed by atoms with Crippen molar-refractivity contribution in [1.29, 1.82) is 0 Å². The van der Waals surface area contributed by atoms with E-state index < -0.39 is 18.2 Å². The van der Waals surface area contributed by atoms with Gasteiger partial charge in [-0.25, -0.2) is 0 Å². The number of fused-ring (bicyclic) bond motifs is 1. The molecular weight excluding hydrogens is 554 g/mol. The number of rotatable bonds is 7. The van der Waals surface area contributed by atoms with Gasteiger partial charge in [-0.3, -0.25) is 4.79 Å². The summed E-state index contributed by atoms with van der Waals surface area (Å²) in [4.78, 5) is 22.7. The number of oxime groups is 2. The van der Waals surface area contributed by atoms with Crippen molar-refractivity contribution in [3.05, 3.63) is 80.3 Å². The molecule has 0 radical (unpaired) electrons. The Morgan fingerprint density at radius 2 is 1.84 bits per heavy atom. The second-order valence-corrected chi connectivity index (χ2v) is 9.20. The third-order valence-corrected chi connectivity index (χ3v) is 6.94. The number of carbonyl (C=O) groups excluding carboxylic acids is 1. The highest BCUT2D eigenvalue weighted by Crippen LogP contribution is 2.51. The molecule has 1 atom stereocenters. The Bertz CT molecular complexity index is 1390. The van der Waals surface area contributed by atoms with Gasteiger partial charge in [-0.05, 0) is 35.9 Å². The van der Waals surface area contributed by atoms with E-state index in [2.05, 4.69) is 15.6 Å². The molecule has 0 saturated heterocycles. The first-order valence-corrected chi connectivity index (χ1v) is 12.1. The van der Waals surface area contributed by atoms with Gasteiger partial charge in [0.1, 0.15) is 6.61 Å². The van der Waals surface area contributed by atoms with Crippen molar-refractivity contribution >= 4 is 63.4 Å². The molecule has 37 heavy (non-hydrogen) atoms. The number of hydrogen-bond acceptors (Lipinski definition) is 5. The van der Waals surface area contributed by atoms with Gasteiger partial charge in [0, 0.05) is 23.1 Å². The van der Waals surface area contributed by atoms with Crippen molar-refractivity contribution in [1.82, 2.24) is 5.32 Å². The van der Waals surface area contributed by atoms with E-state index in [9.17, 15) is 18.0 Å². The van der Waals surface area contributed by atoms with Crippen molar-refractivity contribution in [2.45, 2.75) is 25.1 Å². The summed E-state index contributed by atoms with van der Waals surface area (Å²) in [6.45, 7) is 2.31. The molecule has 12 heteroatoms. The van der Waals surface area contributed by atoms with Crippen molar-refractivity contribution in [3.8, 4) is 0 Å². The van der Waals surface area contributed by atoms with Gasteiger partial charge in [0.15, 0.2) is 0 Å². The van der Waals surface area contributed by atoms with Crippen molar-refractivity contribution < 1.29 is 27.6 Å². The molecule has 0 saturated carbocycles. The van der Waals surface area contributed by atoms with Crippen LogP contribution in [0.25, 0.3) is 10.8 Å². The van der Waals surface area contributed by atoms with E-state index >= 15 is 0 Å². The molecule has 1 heterocycles. The lowest BCUT2D eigenvalue weighted by Crippen LogP contribution is -2.42. The summed E-state index contributed by atoms with van der Waals surface area (Å²) in [5.74, 6) is -0.384. The molecule has 3 aromatic carbocycles. The molecule has 1 aliphatic rings. The Morgan fingerprint density at radius 3 is 2.49 bits per heavy atom. The zero-order chi connectivity index (χ0) is 26.8. The van der Waals surface area contributed by atoms with Gasteiger partial charge in [-0.2, -0.15) is 13.2 Å². The van der Waals surface area contributed by atoms with Crippen LogP contribution in [-0.4, -0.2) is 37.2 Å². The first-order valence-electron chi connectivity index (χ1n) is 11.0. The largest absolute Gasteiger partial charge is 0.435 e. The summed E-state index contributed by atoms with van der Waals surface area (Å²) < 4.78 is 43.3. The average Bonchev–Trinajstić information content (AvgIpc) is 3.33. The fourth-order valence-electron chi connectivity index (χ4n) is 3.98. The minimum absolute atomic E-state index is 0.0477. The van der Waals surface area contributed by atoms with E-state index in [1.165, 1.54) is 12.3 Å². The van der Waals surface area contributed by atoms with Gasteiger partial charge >= 0.3 is 6.18 Å². The number of hydrogen-bond donors (Lipinski definition) is 1. The monoisotopic (exact) mass is 571 g/mol. The van der Waals surface area contributed by atoms with E-state index in [1.54, 1.807) is 37.3 Å². The molecule has 0 spiro atoms. The maximum Gasteiger partial charge on any atom is 0.435 e. The van der Waals surface area contributed by atoms with Crippen molar-refractivity contribution in [2.75, 3.05) is 13.2 Å². The molecule has 0 bridgehead atoms. The third-order valence-electron chi connectivity index (χ3n) is 5.75. The Kier molecular flexibility index (Phi) is 7.87. The molecule has 0 fully saturated rings. The molecule has 6 nitrogen and oxygen atoms in total. The Labute approximate surface area is 224 Å². The van der Waals surface area contributed by atoms with Crippen LogP contribution in [0.15, 0.2) is 58.8 Å². The van der Waals surface area contributed by atoms with Crippen LogP contribution in [-0.2, 0) is 15.3 Å². The molecule has 4 rings (SSSR count). The maximum absolute atomic E-state index is 14.4. The third kappa shape index (κ3) is 5.21. The number of nitrogens with zero attached hydrogens (tertiary/aromatic N) is 2. The predicted molar refractivity (Wildman–Crippen MR) is 138 cm³/mol. The maximum atomic E-state index is 14.4. The minimum atomic E-state index is -4.86. The number of halogens is 6. The molecule has 0 aliphatic carbocycles. The van der Waals surface area contributed by atoms with Gasteiger partial charge < -0.3 is 15.0 Å². The van der Waals surface area contributed by atoms with Crippen LogP contribution in [0, 0.1) is 0 Å². The van der Waals surface area contributed by atoms with E-state index in [1.807, 2.05) is 0 Å². The Balaban J connectivity index is 1.70. The number of nitrogens with one attached hydrogen (secondary N) is 1. The molecule has 3 aromatic rings. The lowest BCUT2D eigenvalue weighted by molar-refractivity contribution is -0.275. The second kappa shape index (κ2) is 10.8. The quantitative estimate of drug-likeness (QED) is 0.186. The van der Waals surface area contributed by atoms with Crippen LogP contribution in [0.3, 0.4) is 0 Å². The van der Waals surface area contributed by atoms with Gasteiger partial charge in [0.2, 0.25) is 0 Å². The zero-order valence-electron chi connectivity index (χ0n) is 19.2. The molecule has 1 amide bonds. The highest BCUT2D eigenvalue weighted by Gasteiger charge is 2.62. The Hall–Kier alpha value is -3.01. The van der Waals surface area contributed by atoms with Gasteiger partial charge in [0.25, 0.3) is 11.5 Å². The van der Waals surface area contributed by atoms with Crippen LogP contribution in [0.1, 0.15) is 34.8 Å². The topological polar surface area (TPSA) is 72.3 Å². The summed E-state index contributed by atoms with van der Waals surface area (Å²) >= 11 is 18.0. The SMILES string of the molecule is CCON=CCNC(=O)c1ccc(C2=NOC(c3cc(Cl)c(Cl)c(Cl)c3)(C(F)(F)F)C2)c2ccccc12. The van der Waals surface area contributed by atoms with E-state index in [0.717, 1.165) is 12.1 Å². The number of benzene rings is 3. The molecular formula is C25H19Cl3F3N3O3. The zero-order valence-corrected chi connectivity index (χ0v) is 21.5. The highest BCUT2D eigenvalue weighted by molar-refractivity contribution is 6.48. The summed E-state index contributed by atoms with van der Waals surface area (Å²) in [5.41, 5.74) is -2.37. The molecule has 1 unspecified atom stereocenters. The minimum Gasteiger partial charge on any atom is -0.396 e. The van der Waals surface area contributed by atoms with Gasteiger partial charge in [-0.1, -0.05) is 75.4 Å². The van der Waals surface area contributed by atoms with Crippen LogP contribution >= 0.6 is 34.8 Å². The smallest absolute Gasteiger partial charge is 0.396 e. The predicted octanol–water partition coefficient (Wildman–Crippen LogP) is 7.13. The standard InChI is InChI=1S/C25H19Cl3F3N3O3/c1-2-36-33-10-9-32-23(35)18-8-7-17(15-5-3-4-6-16(15)18)21-13-24(37-34-21,25(29,30)31)14-11-19(26)22(28)20(27)12-14/h3-8,10-12H,2,9,13H2,1H3,(H,32,35). The fraction of sp³-hybridized carbons (Fsp3) is 0.240. The number of alkyl halides is 3. The summed E-state index contributed by atoms with van der Waals surface area (Å²) in [7, 11) is 0. The molecule has 1 aliphatic heterocycles. The van der Waals surface area contributed by atoms with E-state index in [4.69, 9.17) is 44.5 Å². The molecule has 0 aromatic heterocycles. The Morgan fingerprint density at radius 1 is 1.16 bits per heavy atom. The van der Waals surface area contributed by atoms with E-state index in [0.29, 0.717) is 28.5 Å². The van der Waals surface area contributed by atoms with Crippen LogP contribution in [0.4, 0.5) is 13.2 Å². The number of carbonyl (C=O) groups is 1. The second-order valence-electron chi connectivity index (χ2n) is 8.01. The average molecular weight is 573 g/mol. The first-order chi connectivity index (χ1) is 17.6. The lowest BCUT2D eigenvalue weighted by atomic mass is 9.85. The summed E-state index contributed by atoms with van der Waals surface area (Å²) in [6, 6.07) is 12.1. The highest BCUT2D eigenvalue weighted by atomic mass is 35.5. The summed E-state index contributed by atoms with van der Waals surface area (Å²) in [6.07, 6.45) is -4.10. The van der Waals surface area contributed by atoms with E-state index in [-0.39, 0.29) is 38.8 Å². The number of amides is 1. The van der Waals surface area contributed by atoms with Crippen molar-refractivity contribution in [3.63, 3.8) is 0 Å². The fourth-order valence-corrected chi connectivity index (χ4v) is 4.58. The van der Waals surface area contributed by atoms with Crippen LogP contribution in [0.2, 0.25) is 15.1 Å². The van der Waals surface area contributed by atoms with Crippen LogP contribution < -0.4 is 5.32 Å².